The smallest absolute Gasteiger partial charge is 0.225 e. The number of fused-ring (bicyclic) bond motifs is 2. The van der Waals surface area contributed by atoms with E-state index in [2.05, 4.69) is 75.4 Å². The van der Waals surface area contributed by atoms with Gasteiger partial charge in [0.25, 0.3) is 0 Å². The minimum atomic E-state index is 0.575. The molecule has 9 nitrogen and oxygen atoms in total. The van der Waals surface area contributed by atoms with Gasteiger partial charge in [-0.1, -0.05) is 31.2 Å². The fraction of sp³-hybridized carbons (Fsp3) is 0.357. The third-order valence-corrected chi connectivity index (χ3v) is 7.84. The molecule has 1 fully saturated rings. The molecule has 2 aliphatic rings. The molecule has 2 N–H and O–H groups in total. The van der Waals surface area contributed by atoms with E-state index in [0.29, 0.717) is 11.7 Å². The van der Waals surface area contributed by atoms with Crippen molar-refractivity contribution in [1.82, 2.24) is 39.4 Å². The van der Waals surface area contributed by atoms with Crippen LogP contribution in [0, 0.1) is 0 Å². The quantitative estimate of drug-likeness (QED) is 0.354. The molecule has 3 aromatic heterocycles. The number of hydrogen-bond acceptors (Lipinski definition) is 6. The maximum Gasteiger partial charge on any atom is 0.225 e. The van der Waals surface area contributed by atoms with Crippen LogP contribution >= 0.6 is 0 Å². The van der Waals surface area contributed by atoms with Crippen LogP contribution in [0.3, 0.4) is 0 Å². The van der Waals surface area contributed by atoms with Gasteiger partial charge < -0.3 is 9.88 Å². The Kier molecular flexibility index (Phi) is 5.14. The van der Waals surface area contributed by atoms with Crippen molar-refractivity contribution in [2.45, 2.75) is 38.6 Å². The van der Waals surface area contributed by atoms with Gasteiger partial charge in [-0.15, -0.1) is 5.10 Å². The van der Waals surface area contributed by atoms with E-state index in [0.717, 1.165) is 60.2 Å². The molecule has 2 aromatic carbocycles. The van der Waals surface area contributed by atoms with Crippen LogP contribution in [0.15, 0.2) is 42.6 Å². The number of anilines is 2. The molecule has 1 aliphatic heterocycles. The molecule has 0 atom stereocenters. The fourth-order valence-corrected chi connectivity index (χ4v) is 5.57. The lowest BCUT2D eigenvalue weighted by Gasteiger charge is -2.24. The Labute approximate surface area is 215 Å². The zero-order chi connectivity index (χ0) is 25.1. The van der Waals surface area contributed by atoms with Crippen molar-refractivity contribution in [2.24, 2.45) is 14.1 Å². The number of nitrogens with zero attached hydrogens (tertiary/aromatic N) is 7. The molecule has 0 spiro atoms. The van der Waals surface area contributed by atoms with Crippen LogP contribution in [-0.4, -0.2) is 52.5 Å². The van der Waals surface area contributed by atoms with Crippen LogP contribution in [0.4, 0.5) is 11.6 Å². The van der Waals surface area contributed by atoms with Crippen molar-refractivity contribution in [3.63, 3.8) is 0 Å². The molecule has 0 amide bonds. The number of hydrogen-bond donors (Lipinski definition) is 2. The van der Waals surface area contributed by atoms with Gasteiger partial charge in [0.2, 0.25) is 5.95 Å². The average Bonchev–Trinajstić information content (AvgIpc) is 3.38. The molecule has 0 radical (unpaired) electrons. The molecule has 4 heterocycles. The first-order valence-electron chi connectivity index (χ1n) is 13.1. The van der Waals surface area contributed by atoms with Crippen LogP contribution in [0.25, 0.3) is 33.7 Å². The molecule has 0 saturated heterocycles. The summed E-state index contributed by atoms with van der Waals surface area (Å²) in [5.41, 5.74) is 8.12. The highest BCUT2D eigenvalue weighted by molar-refractivity contribution is 5.89. The number of aryl methyl sites for hydroxylation is 1. The van der Waals surface area contributed by atoms with E-state index < -0.39 is 0 Å². The predicted molar refractivity (Wildman–Crippen MR) is 145 cm³/mol. The van der Waals surface area contributed by atoms with Crippen LogP contribution in [0.2, 0.25) is 0 Å². The van der Waals surface area contributed by atoms with E-state index in [4.69, 9.17) is 15.1 Å². The van der Waals surface area contributed by atoms with Crippen LogP contribution in [0.1, 0.15) is 42.6 Å². The van der Waals surface area contributed by atoms with Crippen molar-refractivity contribution in [2.75, 3.05) is 18.4 Å². The second-order valence-electron chi connectivity index (χ2n) is 10.2. The first-order chi connectivity index (χ1) is 18.1. The lowest BCUT2D eigenvalue weighted by Crippen LogP contribution is -2.30. The Morgan fingerprint density at radius 3 is 2.62 bits per heavy atom. The second-order valence-corrected chi connectivity index (χ2v) is 10.2. The molecule has 37 heavy (non-hydrogen) atoms. The maximum absolute atomic E-state index is 5.00. The van der Waals surface area contributed by atoms with Gasteiger partial charge in [-0.3, -0.25) is 10.00 Å². The van der Waals surface area contributed by atoms with E-state index in [1.54, 1.807) is 0 Å². The van der Waals surface area contributed by atoms with E-state index in [1.807, 2.05) is 17.9 Å². The molecular formula is C28H31N9. The Hall–Kier alpha value is -3.98. The SMILES string of the molecule is CCN1CCc2c(nc(-c3ccc(-c4nc(Nc5ccc6[nH]ncc6c5C5CC5)n(C)n4)cc3)n2C)C1. The van der Waals surface area contributed by atoms with Gasteiger partial charge in [0.1, 0.15) is 5.82 Å². The van der Waals surface area contributed by atoms with Gasteiger partial charge in [0.15, 0.2) is 5.82 Å². The molecule has 1 saturated carbocycles. The van der Waals surface area contributed by atoms with Gasteiger partial charge in [0, 0.05) is 61.5 Å². The standard InChI is InChI=1S/C28H31N9/c1-4-37-14-13-24-23(16-37)30-27(35(24)2)19-9-7-18(8-10-19)26-32-28(36(3)34-26)31-22-12-11-21-20(15-29-33-21)25(22)17-5-6-17/h7-12,15,17H,4-6,13-14,16H2,1-3H3,(H,29,33)(H,31,32,34). The normalized spacial score (nSPS) is 15.9. The number of imidazole rings is 1. The number of H-pyrrole nitrogens is 1. The number of nitrogens with one attached hydrogen (secondary N) is 2. The third-order valence-electron chi connectivity index (χ3n) is 7.84. The summed E-state index contributed by atoms with van der Waals surface area (Å²) >= 11 is 0. The maximum atomic E-state index is 5.00. The molecule has 0 bridgehead atoms. The van der Waals surface area contributed by atoms with Crippen LogP contribution in [-0.2, 0) is 27.1 Å². The number of aromatic amines is 1. The predicted octanol–water partition coefficient (Wildman–Crippen LogP) is 4.76. The monoisotopic (exact) mass is 493 g/mol. The summed E-state index contributed by atoms with van der Waals surface area (Å²) in [5.74, 6) is 3.02. The Balaban J connectivity index is 1.16. The number of rotatable bonds is 6. The van der Waals surface area contributed by atoms with Crippen molar-refractivity contribution in [3.8, 4) is 22.8 Å². The highest BCUT2D eigenvalue weighted by Crippen LogP contribution is 2.47. The number of aromatic nitrogens is 7. The Bertz CT molecular complexity index is 1600. The molecule has 1 aliphatic carbocycles. The number of likely N-dealkylation sites (N-methyl/N-ethyl adjacent to an activating group) is 1. The van der Waals surface area contributed by atoms with Crippen molar-refractivity contribution in [3.05, 3.63) is 59.5 Å². The van der Waals surface area contributed by atoms with E-state index >= 15 is 0 Å². The second kappa shape index (κ2) is 8.55. The first-order valence-corrected chi connectivity index (χ1v) is 13.1. The molecule has 188 valence electrons. The van der Waals surface area contributed by atoms with E-state index in [1.165, 1.54) is 35.2 Å². The van der Waals surface area contributed by atoms with Crippen molar-refractivity contribution < 1.29 is 0 Å². The highest BCUT2D eigenvalue weighted by atomic mass is 15.4. The first kappa shape index (κ1) is 22.2. The zero-order valence-electron chi connectivity index (χ0n) is 21.5. The molecule has 5 aromatic rings. The Morgan fingerprint density at radius 2 is 1.84 bits per heavy atom. The summed E-state index contributed by atoms with van der Waals surface area (Å²) < 4.78 is 4.07. The molecule has 0 unspecified atom stereocenters. The summed E-state index contributed by atoms with van der Waals surface area (Å²) in [4.78, 5) is 12.3. The van der Waals surface area contributed by atoms with Gasteiger partial charge in [-0.25, -0.2) is 9.67 Å². The van der Waals surface area contributed by atoms with Crippen molar-refractivity contribution >= 4 is 22.5 Å². The van der Waals surface area contributed by atoms with E-state index in [9.17, 15) is 0 Å². The van der Waals surface area contributed by atoms with Crippen LogP contribution in [0.5, 0.6) is 0 Å². The number of benzene rings is 2. The molecular weight excluding hydrogens is 462 g/mol. The topological polar surface area (TPSA) is 92.5 Å². The summed E-state index contributed by atoms with van der Waals surface area (Å²) in [7, 11) is 4.06. The Morgan fingerprint density at radius 1 is 1.03 bits per heavy atom. The van der Waals surface area contributed by atoms with Gasteiger partial charge in [-0.05, 0) is 43.0 Å². The average molecular weight is 494 g/mol. The highest BCUT2D eigenvalue weighted by Gasteiger charge is 2.29. The van der Waals surface area contributed by atoms with Gasteiger partial charge in [0.05, 0.1) is 17.4 Å². The van der Waals surface area contributed by atoms with Crippen molar-refractivity contribution in [1.29, 1.82) is 0 Å². The van der Waals surface area contributed by atoms with Gasteiger partial charge >= 0.3 is 0 Å². The van der Waals surface area contributed by atoms with Crippen LogP contribution < -0.4 is 5.32 Å². The van der Waals surface area contributed by atoms with E-state index in [-0.39, 0.29) is 0 Å². The molecule has 9 heteroatoms. The minimum absolute atomic E-state index is 0.575. The largest absolute Gasteiger partial charge is 0.331 e. The third kappa shape index (κ3) is 3.81. The lowest BCUT2D eigenvalue weighted by atomic mass is 10.0. The molecule has 7 rings (SSSR count). The summed E-state index contributed by atoms with van der Waals surface area (Å²) in [5, 5.41) is 16.8. The summed E-state index contributed by atoms with van der Waals surface area (Å²) in [6, 6.07) is 12.6. The fourth-order valence-electron chi connectivity index (χ4n) is 5.57. The zero-order valence-corrected chi connectivity index (χ0v) is 21.5. The summed E-state index contributed by atoms with van der Waals surface area (Å²) in [6.45, 7) is 5.31. The lowest BCUT2D eigenvalue weighted by molar-refractivity contribution is 0.262. The minimum Gasteiger partial charge on any atom is -0.331 e. The summed E-state index contributed by atoms with van der Waals surface area (Å²) in [6.07, 6.45) is 5.40. The van der Waals surface area contributed by atoms with Gasteiger partial charge in [-0.2, -0.15) is 10.1 Å².